The van der Waals surface area contributed by atoms with Crippen molar-refractivity contribution in [1.29, 1.82) is 0 Å². The molecule has 2 rings (SSSR count). The molecule has 25 heavy (non-hydrogen) atoms. The lowest BCUT2D eigenvalue weighted by atomic mass is 10.0. The van der Waals surface area contributed by atoms with E-state index in [1.165, 1.54) is 36.4 Å². The zero-order valence-corrected chi connectivity index (χ0v) is 13.6. The number of halogens is 1. The number of benzene rings is 1. The fraction of sp³-hybridized carbons (Fsp3) is 0.294. The van der Waals surface area contributed by atoms with Gasteiger partial charge in [-0.15, -0.1) is 0 Å². The van der Waals surface area contributed by atoms with Gasteiger partial charge >= 0.3 is 5.97 Å². The molecule has 0 aliphatic carbocycles. The van der Waals surface area contributed by atoms with Crippen LogP contribution in [0.5, 0.6) is 0 Å². The molecule has 0 bridgehead atoms. The van der Waals surface area contributed by atoms with E-state index in [2.05, 4.69) is 10.4 Å². The molecule has 7 nitrogen and oxygen atoms in total. The molecule has 132 valence electrons. The van der Waals surface area contributed by atoms with Crippen molar-refractivity contribution >= 4 is 11.9 Å². The molecule has 1 aromatic carbocycles. The van der Waals surface area contributed by atoms with Gasteiger partial charge in [-0.25, -0.2) is 4.39 Å². The number of aromatic nitrogens is 2. The van der Waals surface area contributed by atoms with Crippen molar-refractivity contribution in [3.05, 3.63) is 58.3 Å². The molecule has 0 aliphatic rings. The highest BCUT2D eigenvalue weighted by atomic mass is 19.1. The van der Waals surface area contributed by atoms with Crippen LogP contribution in [0.3, 0.4) is 0 Å². The maximum Gasteiger partial charge on any atom is 0.308 e. The van der Waals surface area contributed by atoms with Gasteiger partial charge < -0.3 is 10.4 Å². The molecule has 0 saturated carbocycles. The normalized spacial score (nSPS) is 11.8. The molecule has 0 fully saturated rings. The number of hydrogen-bond donors (Lipinski definition) is 2. The monoisotopic (exact) mass is 347 g/mol. The van der Waals surface area contributed by atoms with Crippen molar-refractivity contribution in [1.82, 2.24) is 15.1 Å². The first-order valence-corrected chi connectivity index (χ1v) is 7.79. The summed E-state index contributed by atoms with van der Waals surface area (Å²) in [6.07, 6.45) is 1.12. The molecule has 0 radical (unpaired) electrons. The number of hydrogen-bond acceptors (Lipinski definition) is 4. The number of carbonyl (C=O) groups is 2. The number of rotatable bonds is 7. The van der Waals surface area contributed by atoms with Gasteiger partial charge in [0.05, 0.1) is 11.6 Å². The number of nitrogens with zero attached hydrogens (tertiary/aromatic N) is 2. The van der Waals surface area contributed by atoms with Crippen LogP contribution < -0.4 is 10.9 Å². The number of carboxylic acids is 1. The van der Waals surface area contributed by atoms with Gasteiger partial charge in [0.25, 0.3) is 11.5 Å². The number of carbonyl (C=O) groups excluding carboxylic acids is 1. The van der Waals surface area contributed by atoms with Crippen molar-refractivity contribution in [2.24, 2.45) is 5.92 Å². The molecule has 0 spiro atoms. The second kappa shape index (κ2) is 8.18. The summed E-state index contributed by atoms with van der Waals surface area (Å²) in [7, 11) is 0. The van der Waals surface area contributed by atoms with E-state index in [-0.39, 0.29) is 12.2 Å². The summed E-state index contributed by atoms with van der Waals surface area (Å²) in [6.45, 7) is 1.83. The predicted octanol–water partition coefficient (Wildman–Crippen LogP) is 1.60. The second-order valence-corrected chi connectivity index (χ2v) is 5.48. The number of amides is 1. The molecular weight excluding hydrogens is 329 g/mol. The van der Waals surface area contributed by atoms with E-state index < -0.39 is 29.2 Å². The summed E-state index contributed by atoms with van der Waals surface area (Å²) >= 11 is 0. The van der Waals surface area contributed by atoms with E-state index in [4.69, 9.17) is 5.11 Å². The third kappa shape index (κ3) is 4.72. The first-order valence-electron chi connectivity index (χ1n) is 7.79. The van der Waals surface area contributed by atoms with Gasteiger partial charge in [0.1, 0.15) is 11.5 Å². The highest BCUT2D eigenvalue weighted by Crippen LogP contribution is 2.07. The lowest BCUT2D eigenvalue weighted by Crippen LogP contribution is -2.34. The summed E-state index contributed by atoms with van der Waals surface area (Å²) in [5.41, 5.74) is -0.197. The molecule has 0 saturated heterocycles. The number of carboxylic acid groups (broad SMARTS) is 1. The molecule has 1 aromatic heterocycles. The standard InChI is InChI=1S/C17H18FN3O4/c1-2-3-11(17(24)25)10-19-16(23)14-8-9-15(22)21(20-14)13-6-4-12(18)5-7-13/h4-9,11H,2-3,10H2,1H3,(H,19,23)(H,24,25). The lowest BCUT2D eigenvalue weighted by Gasteiger charge is -2.12. The highest BCUT2D eigenvalue weighted by molar-refractivity contribution is 5.92. The van der Waals surface area contributed by atoms with Crippen LogP contribution in [0.25, 0.3) is 5.69 Å². The summed E-state index contributed by atoms with van der Waals surface area (Å²) < 4.78 is 14.0. The Morgan fingerprint density at radius 1 is 1.24 bits per heavy atom. The number of nitrogens with one attached hydrogen (secondary N) is 1. The van der Waals surface area contributed by atoms with Crippen molar-refractivity contribution < 1.29 is 19.1 Å². The van der Waals surface area contributed by atoms with Crippen molar-refractivity contribution in [2.75, 3.05) is 6.54 Å². The van der Waals surface area contributed by atoms with Gasteiger partial charge in [0.15, 0.2) is 0 Å². The Balaban J connectivity index is 2.18. The maximum atomic E-state index is 13.0. The van der Waals surface area contributed by atoms with E-state index in [9.17, 15) is 18.8 Å². The molecule has 1 amide bonds. The minimum absolute atomic E-state index is 0.0284. The summed E-state index contributed by atoms with van der Waals surface area (Å²) in [5, 5.41) is 15.6. The van der Waals surface area contributed by atoms with Crippen LogP contribution in [-0.2, 0) is 4.79 Å². The van der Waals surface area contributed by atoms with E-state index in [0.29, 0.717) is 18.5 Å². The van der Waals surface area contributed by atoms with E-state index in [0.717, 1.165) is 4.68 Å². The lowest BCUT2D eigenvalue weighted by molar-refractivity contribution is -0.141. The van der Waals surface area contributed by atoms with E-state index >= 15 is 0 Å². The Morgan fingerprint density at radius 2 is 1.92 bits per heavy atom. The van der Waals surface area contributed by atoms with Gasteiger partial charge in [0.2, 0.25) is 0 Å². The molecular formula is C17H18FN3O4. The van der Waals surface area contributed by atoms with Gasteiger partial charge in [-0.3, -0.25) is 14.4 Å². The van der Waals surface area contributed by atoms with Crippen LogP contribution in [0, 0.1) is 11.7 Å². The van der Waals surface area contributed by atoms with Gasteiger partial charge in [-0.2, -0.15) is 9.78 Å². The van der Waals surface area contributed by atoms with Crippen molar-refractivity contribution in [2.45, 2.75) is 19.8 Å². The van der Waals surface area contributed by atoms with E-state index in [1.54, 1.807) is 0 Å². The Morgan fingerprint density at radius 3 is 2.52 bits per heavy atom. The first-order chi connectivity index (χ1) is 11.9. The van der Waals surface area contributed by atoms with Crippen LogP contribution >= 0.6 is 0 Å². The maximum absolute atomic E-state index is 13.0. The quantitative estimate of drug-likeness (QED) is 0.792. The third-order valence-corrected chi connectivity index (χ3v) is 3.60. The van der Waals surface area contributed by atoms with Crippen LogP contribution in [0.15, 0.2) is 41.2 Å². The zero-order chi connectivity index (χ0) is 18.4. The summed E-state index contributed by atoms with van der Waals surface area (Å²) in [6, 6.07) is 7.52. The fourth-order valence-electron chi connectivity index (χ4n) is 2.27. The zero-order valence-electron chi connectivity index (χ0n) is 13.6. The Hall–Kier alpha value is -3.03. The van der Waals surface area contributed by atoms with Gasteiger partial charge in [0, 0.05) is 12.6 Å². The van der Waals surface area contributed by atoms with Crippen LogP contribution in [-0.4, -0.2) is 33.3 Å². The van der Waals surface area contributed by atoms with Crippen molar-refractivity contribution in [3.63, 3.8) is 0 Å². The third-order valence-electron chi connectivity index (χ3n) is 3.60. The molecule has 2 aromatic rings. The smallest absolute Gasteiger partial charge is 0.308 e. The van der Waals surface area contributed by atoms with Gasteiger partial charge in [-0.05, 0) is 36.8 Å². The first kappa shape index (κ1) is 18.3. The molecule has 1 unspecified atom stereocenters. The minimum atomic E-state index is -0.980. The summed E-state index contributed by atoms with van der Waals surface area (Å²) in [4.78, 5) is 35.2. The van der Waals surface area contributed by atoms with Gasteiger partial charge in [-0.1, -0.05) is 13.3 Å². The SMILES string of the molecule is CCCC(CNC(=O)c1ccc(=O)n(-c2ccc(F)cc2)n1)C(=O)O. The number of aliphatic carboxylic acids is 1. The second-order valence-electron chi connectivity index (χ2n) is 5.48. The predicted molar refractivity (Wildman–Crippen MR) is 88.2 cm³/mol. The Labute approximate surface area is 143 Å². The fourth-order valence-corrected chi connectivity index (χ4v) is 2.27. The van der Waals surface area contributed by atoms with Crippen LogP contribution in [0.2, 0.25) is 0 Å². The average molecular weight is 347 g/mol. The van der Waals surface area contributed by atoms with Crippen molar-refractivity contribution in [3.8, 4) is 5.69 Å². The van der Waals surface area contributed by atoms with Crippen LogP contribution in [0.4, 0.5) is 4.39 Å². The molecule has 0 aliphatic heterocycles. The van der Waals surface area contributed by atoms with Crippen LogP contribution in [0.1, 0.15) is 30.3 Å². The van der Waals surface area contributed by atoms with E-state index in [1.807, 2.05) is 6.92 Å². The Kier molecular flexibility index (Phi) is 5.99. The highest BCUT2D eigenvalue weighted by Gasteiger charge is 2.18. The average Bonchev–Trinajstić information content (AvgIpc) is 2.59. The minimum Gasteiger partial charge on any atom is -0.481 e. The molecule has 1 heterocycles. The largest absolute Gasteiger partial charge is 0.481 e. The molecule has 1 atom stereocenters. The summed E-state index contributed by atoms with van der Waals surface area (Å²) in [5.74, 6) is -2.71. The topological polar surface area (TPSA) is 101 Å². The Bertz CT molecular complexity index is 817. The molecule has 8 heteroatoms. The molecule has 2 N–H and O–H groups in total.